The summed E-state index contributed by atoms with van der Waals surface area (Å²) < 4.78 is 0. The zero-order valence-electron chi connectivity index (χ0n) is 15.1. The Kier molecular flexibility index (Phi) is 6.00. The van der Waals surface area contributed by atoms with Crippen molar-refractivity contribution in [3.8, 4) is 0 Å². The normalized spacial score (nSPS) is 11.8. The SMILES string of the molecule is CN=C(NCCc1c[nH]c2ccc(Cl)cc12)NCc1csc(N(C)C)n1. The summed E-state index contributed by atoms with van der Waals surface area (Å²) in [6.07, 6.45) is 2.92. The molecule has 2 heterocycles. The Hall–Kier alpha value is -2.25. The van der Waals surface area contributed by atoms with Gasteiger partial charge in [0, 0.05) is 55.2 Å². The second-order valence-corrected chi connectivity index (χ2v) is 7.40. The minimum absolute atomic E-state index is 0.646. The number of nitrogens with one attached hydrogen (secondary N) is 3. The molecular weight excluding hydrogens is 368 g/mol. The van der Waals surface area contributed by atoms with Crippen molar-refractivity contribution >= 4 is 44.9 Å². The van der Waals surface area contributed by atoms with Gasteiger partial charge in [-0.1, -0.05) is 11.6 Å². The number of rotatable bonds is 6. The van der Waals surface area contributed by atoms with E-state index in [1.165, 1.54) is 10.9 Å². The van der Waals surface area contributed by atoms with Crippen LogP contribution in [-0.2, 0) is 13.0 Å². The molecule has 0 aliphatic rings. The fraction of sp³-hybridized carbons (Fsp3) is 0.333. The molecule has 0 unspecified atom stereocenters. The quantitative estimate of drug-likeness (QED) is 0.446. The van der Waals surface area contributed by atoms with Crippen molar-refractivity contribution in [2.24, 2.45) is 4.99 Å². The van der Waals surface area contributed by atoms with Gasteiger partial charge >= 0.3 is 0 Å². The molecule has 0 saturated carbocycles. The maximum Gasteiger partial charge on any atom is 0.191 e. The summed E-state index contributed by atoms with van der Waals surface area (Å²) in [5.41, 5.74) is 3.35. The molecule has 138 valence electrons. The number of H-pyrrole nitrogens is 1. The molecule has 1 aromatic carbocycles. The van der Waals surface area contributed by atoms with E-state index < -0.39 is 0 Å². The molecule has 3 rings (SSSR count). The lowest BCUT2D eigenvalue weighted by Crippen LogP contribution is -2.37. The minimum Gasteiger partial charge on any atom is -0.361 e. The highest BCUT2D eigenvalue weighted by atomic mass is 35.5. The third-order valence-corrected chi connectivity index (χ3v) is 5.29. The minimum atomic E-state index is 0.646. The van der Waals surface area contributed by atoms with Crippen LogP contribution in [0.15, 0.2) is 34.8 Å². The van der Waals surface area contributed by atoms with Crippen LogP contribution in [0.1, 0.15) is 11.3 Å². The molecular formula is C18H23ClN6S. The van der Waals surface area contributed by atoms with Gasteiger partial charge in [-0.05, 0) is 30.2 Å². The number of hydrogen-bond donors (Lipinski definition) is 3. The molecule has 0 fully saturated rings. The molecule has 26 heavy (non-hydrogen) atoms. The van der Waals surface area contributed by atoms with Gasteiger partial charge in [-0.2, -0.15) is 0 Å². The molecule has 3 N–H and O–H groups in total. The van der Waals surface area contributed by atoms with Gasteiger partial charge in [0.2, 0.25) is 0 Å². The number of aromatic nitrogens is 2. The van der Waals surface area contributed by atoms with E-state index >= 15 is 0 Å². The molecule has 8 heteroatoms. The van der Waals surface area contributed by atoms with Gasteiger partial charge in [-0.25, -0.2) is 4.98 Å². The van der Waals surface area contributed by atoms with Gasteiger partial charge < -0.3 is 20.5 Å². The zero-order chi connectivity index (χ0) is 18.5. The second-order valence-electron chi connectivity index (χ2n) is 6.12. The lowest BCUT2D eigenvalue weighted by atomic mass is 10.1. The van der Waals surface area contributed by atoms with Gasteiger partial charge in [0.1, 0.15) is 0 Å². The highest BCUT2D eigenvalue weighted by Gasteiger charge is 2.06. The number of aliphatic imine (C=N–C) groups is 1. The van der Waals surface area contributed by atoms with E-state index in [9.17, 15) is 0 Å². The standard InChI is InChI=1S/C18H23ClN6S/c1-20-17(23-10-14-11-26-18(24-14)25(2)3)21-7-6-12-9-22-16-5-4-13(19)8-15(12)16/h4-5,8-9,11,22H,6-7,10H2,1-3H3,(H2,20,21,23). The van der Waals surface area contributed by atoms with Crippen LogP contribution < -0.4 is 15.5 Å². The first-order chi connectivity index (χ1) is 12.6. The number of halogens is 1. The molecule has 0 saturated heterocycles. The van der Waals surface area contributed by atoms with Crippen LogP contribution >= 0.6 is 22.9 Å². The third kappa shape index (κ3) is 4.47. The largest absolute Gasteiger partial charge is 0.361 e. The van der Waals surface area contributed by atoms with Crippen LogP contribution in [-0.4, -0.2) is 43.6 Å². The summed E-state index contributed by atoms with van der Waals surface area (Å²) in [6, 6.07) is 5.90. The Labute approximate surface area is 162 Å². The van der Waals surface area contributed by atoms with E-state index in [-0.39, 0.29) is 0 Å². The Morgan fingerprint density at radius 1 is 1.35 bits per heavy atom. The zero-order valence-corrected chi connectivity index (χ0v) is 16.7. The maximum atomic E-state index is 6.11. The number of thiazole rings is 1. The van der Waals surface area contributed by atoms with Crippen molar-refractivity contribution in [1.82, 2.24) is 20.6 Å². The van der Waals surface area contributed by atoms with E-state index in [0.717, 1.165) is 40.3 Å². The summed E-state index contributed by atoms with van der Waals surface area (Å²) >= 11 is 7.74. The fourth-order valence-corrected chi connectivity index (χ4v) is 3.58. The summed E-state index contributed by atoms with van der Waals surface area (Å²) in [7, 11) is 5.76. The number of nitrogens with zero attached hydrogens (tertiary/aromatic N) is 3. The fourth-order valence-electron chi connectivity index (χ4n) is 2.65. The van der Waals surface area contributed by atoms with Crippen molar-refractivity contribution in [2.45, 2.75) is 13.0 Å². The molecule has 0 aliphatic carbocycles. The van der Waals surface area contributed by atoms with E-state index in [2.05, 4.69) is 31.0 Å². The Bertz CT molecular complexity index is 898. The van der Waals surface area contributed by atoms with Gasteiger partial charge in [0.25, 0.3) is 0 Å². The van der Waals surface area contributed by atoms with Crippen LogP contribution in [0.2, 0.25) is 5.02 Å². The van der Waals surface area contributed by atoms with Crippen LogP contribution in [0.3, 0.4) is 0 Å². The number of anilines is 1. The summed E-state index contributed by atoms with van der Waals surface area (Å²) in [4.78, 5) is 14.1. The lowest BCUT2D eigenvalue weighted by molar-refractivity contribution is 0.787. The Morgan fingerprint density at radius 2 is 2.19 bits per heavy atom. The van der Waals surface area contributed by atoms with Gasteiger partial charge in [0.05, 0.1) is 12.2 Å². The highest BCUT2D eigenvalue weighted by Crippen LogP contribution is 2.22. The van der Waals surface area contributed by atoms with Crippen LogP contribution in [0, 0.1) is 0 Å². The first-order valence-corrected chi connectivity index (χ1v) is 9.64. The van der Waals surface area contributed by atoms with E-state index in [0.29, 0.717) is 6.54 Å². The molecule has 0 spiro atoms. The Balaban J connectivity index is 1.51. The molecule has 0 aliphatic heterocycles. The van der Waals surface area contributed by atoms with Crippen LogP contribution in [0.25, 0.3) is 10.9 Å². The molecule has 6 nitrogen and oxygen atoms in total. The van der Waals surface area contributed by atoms with Crippen molar-refractivity contribution in [1.29, 1.82) is 0 Å². The summed E-state index contributed by atoms with van der Waals surface area (Å²) in [6.45, 7) is 1.42. The average Bonchev–Trinajstić information content (AvgIpc) is 3.25. The maximum absolute atomic E-state index is 6.11. The number of guanidine groups is 1. The van der Waals surface area contributed by atoms with Crippen molar-refractivity contribution in [2.75, 3.05) is 32.6 Å². The molecule has 0 amide bonds. The lowest BCUT2D eigenvalue weighted by Gasteiger charge is -2.11. The summed E-state index contributed by atoms with van der Waals surface area (Å²) in [5, 5.41) is 11.6. The molecule has 0 atom stereocenters. The van der Waals surface area contributed by atoms with Crippen molar-refractivity contribution in [3.63, 3.8) is 0 Å². The first kappa shape index (κ1) is 18.5. The smallest absolute Gasteiger partial charge is 0.191 e. The van der Waals surface area contributed by atoms with E-state index in [1.54, 1.807) is 18.4 Å². The van der Waals surface area contributed by atoms with E-state index in [4.69, 9.17) is 11.6 Å². The van der Waals surface area contributed by atoms with Gasteiger partial charge in [0.15, 0.2) is 11.1 Å². The topological polar surface area (TPSA) is 68.3 Å². The molecule has 0 bridgehead atoms. The first-order valence-electron chi connectivity index (χ1n) is 8.38. The highest BCUT2D eigenvalue weighted by molar-refractivity contribution is 7.13. The molecule has 2 aromatic heterocycles. The van der Waals surface area contributed by atoms with Gasteiger partial charge in [-0.3, -0.25) is 4.99 Å². The second kappa shape index (κ2) is 8.42. The number of hydrogen-bond acceptors (Lipinski definition) is 4. The third-order valence-electron chi connectivity index (χ3n) is 4.00. The van der Waals surface area contributed by atoms with Crippen LogP contribution in [0.4, 0.5) is 5.13 Å². The summed E-state index contributed by atoms with van der Waals surface area (Å²) in [5.74, 6) is 0.766. The Morgan fingerprint density at radius 3 is 2.92 bits per heavy atom. The molecule has 0 radical (unpaired) electrons. The molecule has 3 aromatic rings. The van der Waals surface area contributed by atoms with Crippen molar-refractivity contribution < 1.29 is 0 Å². The predicted octanol–water partition coefficient (Wildman–Crippen LogP) is 3.25. The average molecular weight is 391 g/mol. The van der Waals surface area contributed by atoms with E-state index in [1.807, 2.05) is 43.4 Å². The number of aromatic amines is 1. The van der Waals surface area contributed by atoms with Crippen LogP contribution in [0.5, 0.6) is 0 Å². The van der Waals surface area contributed by atoms with Gasteiger partial charge in [-0.15, -0.1) is 11.3 Å². The number of fused-ring (bicyclic) bond motifs is 1. The number of benzene rings is 1. The van der Waals surface area contributed by atoms with Crippen molar-refractivity contribution in [3.05, 3.63) is 46.1 Å². The predicted molar refractivity (Wildman–Crippen MR) is 112 cm³/mol. The monoisotopic (exact) mass is 390 g/mol.